The minimum Gasteiger partial charge on any atom is -0.281 e. The van der Waals surface area contributed by atoms with E-state index < -0.39 is 0 Å². The molecule has 6 heteroatoms. The van der Waals surface area contributed by atoms with E-state index >= 15 is 0 Å². The highest BCUT2D eigenvalue weighted by atomic mass is 32.2. The zero-order chi connectivity index (χ0) is 10.7. The maximum Gasteiger partial charge on any atom is 0.227 e. The van der Waals surface area contributed by atoms with Gasteiger partial charge in [-0.2, -0.15) is 0 Å². The smallest absolute Gasteiger partial charge is 0.227 e. The first-order valence-electron chi connectivity index (χ1n) is 4.27. The van der Waals surface area contributed by atoms with Crippen LogP contribution in [0.3, 0.4) is 0 Å². The summed E-state index contributed by atoms with van der Waals surface area (Å²) in [6, 6.07) is 9.04. The molecule has 0 aliphatic heterocycles. The number of carbonyl (C=O) groups excluding carboxylic acids is 1. The molecule has 1 heterocycles. The molecule has 15 heavy (non-hydrogen) atoms. The molecule has 0 aliphatic carbocycles. The third-order valence-electron chi connectivity index (χ3n) is 1.77. The molecule has 2 rings (SSSR count). The maximum atomic E-state index is 11.7. The van der Waals surface area contributed by atoms with E-state index in [0.29, 0.717) is 10.7 Å². The molecule has 0 saturated carbocycles. The van der Waals surface area contributed by atoms with Gasteiger partial charge in [0.25, 0.3) is 0 Å². The highest BCUT2D eigenvalue weighted by Crippen LogP contribution is 2.18. The summed E-state index contributed by atoms with van der Waals surface area (Å²) in [6.07, 6.45) is 0. The molecule has 5 nitrogen and oxygen atoms in total. The first kappa shape index (κ1) is 9.85. The van der Waals surface area contributed by atoms with E-state index in [9.17, 15) is 4.79 Å². The van der Waals surface area contributed by atoms with Crippen molar-refractivity contribution in [2.24, 2.45) is 7.05 Å². The molecule has 0 amide bonds. The molecular weight excluding hydrogens is 212 g/mol. The lowest BCUT2D eigenvalue weighted by molar-refractivity contribution is 0.108. The Kier molecular flexibility index (Phi) is 2.77. The fraction of sp³-hybridized carbons (Fsp3) is 0.111. The lowest BCUT2D eigenvalue weighted by Crippen LogP contribution is -1.98. The van der Waals surface area contributed by atoms with Crippen LogP contribution in [-0.2, 0) is 7.05 Å². The summed E-state index contributed by atoms with van der Waals surface area (Å²) in [5.74, 6) is 0. The van der Waals surface area contributed by atoms with Gasteiger partial charge in [-0.15, -0.1) is 5.10 Å². The average Bonchev–Trinajstić information content (AvgIpc) is 2.66. The van der Waals surface area contributed by atoms with Crippen LogP contribution in [0, 0.1) is 0 Å². The third-order valence-corrected chi connectivity index (χ3v) is 2.72. The van der Waals surface area contributed by atoms with E-state index in [2.05, 4.69) is 15.5 Å². The molecule has 1 aromatic carbocycles. The molecule has 1 aromatic heterocycles. The molecule has 0 unspecified atom stereocenters. The van der Waals surface area contributed by atoms with Crippen molar-refractivity contribution in [1.82, 2.24) is 20.2 Å². The average molecular weight is 220 g/mol. The van der Waals surface area contributed by atoms with Crippen LogP contribution < -0.4 is 0 Å². The first-order chi connectivity index (χ1) is 7.27. The van der Waals surface area contributed by atoms with Gasteiger partial charge in [-0.1, -0.05) is 30.3 Å². The van der Waals surface area contributed by atoms with E-state index in [1.807, 2.05) is 18.2 Å². The van der Waals surface area contributed by atoms with Crippen molar-refractivity contribution in [3.63, 3.8) is 0 Å². The van der Waals surface area contributed by atoms with Gasteiger partial charge >= 0.3 is 0 Å². The second-order valence-electron chi connectivity index (χ2n) is 2.84. The Balaban J connectivity index is 2.15. The number of rotatable bonds is 2. The number of nitrogens with zero attached hydrogens (tertiary/aromatic N) is 4. The fourth-order valence-corrected chi connectivity index (χ4v) is 1.69. The van der Waals surface area contributed by atoms with Crippen LogP contribution in [0.4, 0.5) is 0 Å². The summed E-state index contributed by atoms with van der Waals surface area (Å²) in [6.45, 7) is 0. The standard InChI is InChI=1S/C9H8N4OS/c1-13-9(10-11-12-13)15-8(14)7-5-3-2-4-6-7/h2-6H,1H3. The third kappa shape index (κ3) is 2.21. The Labute approximate surface area is 90.5 Å². The second kappa shape index (κ2) is 4.22. The highest BCUT2D eigenvalue weighted by molar-refractivity contribution is 8.14. The van der Waals surface area contributed by atoms with E-state index in [1.165, 1.54) is 4.68 Å². The van der Waals surface area contributed by atoms with Crippen molar-refractivity contribution in [2.45, 2.75) is 5.16 Å². The molecule has 0 fully saturated rings. The zero-order valence-corrected chi connectivity index (χ0v) is 8.81. The molecule has 2 aromatic rings. The molecule has 0 radical (unpaired) electrons. The summed E-state index contributed by atoms with van der Waals surface area (Å²) in [5, 5.41) is 11.3. The van der Waals surface area contributed by atoms with Crippen molar-refractivity contribution >= 4 is 16.9 Å². The van der Waals surface area contributed by atoms with Crippen molar-refractivity contribution in [3.05, 3.63) is 35.9 Å². The number of aromatic nitrogens is 4. The number of hydrogen-bond acceptors (Lipinski definition) is 5. The maximum absolute atomic E-state index is 11.7. The molecule has 0 aliphatic rings. The van der Waals surface area contributed by atoms with Gasteiger partial charge in [-0.3, -0.25) is 4.79 Å². The predicted octanol–water partition coefficient (Wildman–Crippen LogP) is 1.14. The van der Waals surface area contributed by atoms with Gasteiger partial charge in [0.1, 0.15) is 0 Å². The monoisotopic (exact) mass is 220 g/mol. The highest BCUT2D eigenvalue weighted by Gasteiger charge is 2.11. The van der Waals surface area contributed by atoms with Crippen LogP contribution in [-0.4, -0.2) is 25.3 Å². The molecule has 0 N–H and O–H groups in total. The van der Waals surface area contributed by atoms with Crippen LogP contribution in [0.2, 0.25) is 0 Å². The largest absolute Gasteiger partial charge is 0.281 e. The summed E-state index contributed by atoms with van der Waals surface area (Å²) < 4.78 is 1.46. The van der Waals surface area contributed by atoms with Crippen LogP contribution in [0.15, 0.2) is 35.5 Å². The van der Waals surface area contributed by atoms with Gasteiger partial charge in [-0.05, 0) is 22.2 Å². The van der Waals surface area contributed by atoms with Crippen molar-refractivity contribution < 1.29 is 4.79 Å². The summed E-state index contributed by atoms with van der Waals surface area (Å²) in [4.78, 5) is 11.7. The Bertz CT molecular complexity index is 468. The van der Waals surface area contributed by atoms with Crippen molar-refractivity contribution in [3.8, 4) is 0 Å². The van der Waals surface area contributed by atoms with Gasteiger partial charge < -0.3 is 0 Å². The van der Waals surface area contributed by atoms with Crippen LogP contribution in [0.1, 0.15) is 10.4 Å². The zero-order valence-electron chi connectivity index (χ0n) is 7.99. The van der Waals surface area contributed by atoms with Crippen molar-refractivity contribution in [1.29, 1.82) is 0 Å². The Morgan fingerprint density at radius 3 is 2.67 bits per heavy atom. The Morgan fingerprint density at radius 1 is 1.33 bits per heavy atom. The summed E-state index contributed by atoms with van der Waals surface area (Å²) in [7, 11) is 1.70. The number of thioether (sulfide) groups is 1. The molecule has 0 atom stereocenters. The first-order valence-corrected chi connectivity index (χ1v) is 5.08. The number of hydrogen-bond donors (Lipinski definition) is 0. The van der Waals surface area contributed by atoms with Gasteiger partial charge in [0.2, 0.25) is 10.3 Å². The lowest BCUT2D eigenvalue weighted by atomic mass is 10.2. The number of tetrazole rings is 1. The van der Waals surface area contributed by atoms with Gasteiger partial charge in [-0.25, -0.2) is 4.68 Å². The number of benzene rings is 1. The normalized spacial score (nSPS) is 10.2. The molecule has 0 saturated heterocycles. The SMILES string of the molecule is Cn1nnnc1SC(=O)c1ccccc1. The van der Waals surface area contributed by atoms with E-state index in [1.54, 1.807) is 19.2 Å². The molecule has 0 bridgehead atoms. The van der Waals surface area contributed by atoms with E-state index in [0.717, 1.165) is 11.8 Å². The lowest BCUT2D eigenvalue weighted by Gasteiger charge is -1.97. The molecule has 76 valence electrons. The quantitative estimate of drug-likeness (QED) is 0.710. The van der Waals surface area contributed by atoms with Crippen LogP contribution >= 0.6 is 11.8 Å². The Hall–Kier alpha value is -1.69. The number of carbonyl (C=O) groups is 1. The van der Waals surface area contributed by atoms with Crippen molar-refractivity contribution in [2.75, 3.05) is 0 Å². The van der Waals surface area contributed by atoms with Gasteiger partial charge in [0.15, 0.2) is 0 Å². The van der Waals surface area contributed by atoms with E-state index in [-0.39, 0.29) is 5.12 Å². The second-order valence-corrected chi connectivity index (χ2v) is 3.78. The predicted molar refractivity (Wildman–Crippen MR) is 55.4 cm³/mol. The van der Waals surface area contributed by atoms with Gasteiger partial charge in [0, 0.05) is 12.6 Å². The topological polar surface area (TPSA) is 60.7 Å². The van der Waals surface area contributed by atoms with Gasteiger partial charge in [0.05, 0.1) is 0 Å². The van der Waals surface area contributed by atoms with Crippen LogP contribution in [0.25, 0.3) is 0 Å². The molecule has 0 spiro atoms. The van der Waals surface area contributed by atoms with E-state index in [4.69, 9.17) is 0 Å². The summed E-state index contributed by atoms with van der Waals surface area (Å²) in [5.41, 5.74) is 0.644. The molecular formula is C9H8N4OS. The summed E-state index contributed by atoms with van der Waals surface area (Å²) >= 11 is 1.02. The minimum atomic E-state index is -0.0616. The Morgan fingerprint density at radius 2 is 2.07 bits per heavy atom. The minimum absolute atomic E-state index is 0.0616. The van der Waals surface area contributed by atoms with Crippen LogP contribution in [0.5, 0.6) is 0 Å². The fourth-order valence-electron chi connectivity index (χ4n) is 1.02. The number of aryl methyl sites for hydroxylation is 1.